The number of nitrogens with zero attached hydrogens (tertiary/aromatic N) is 1. The highest BCUT2D eigenvalue weighted by Crippen LogP contribution is 1.97. The topological polar surface area (TPSA) is 78.7 Å². The van der Waals surface area contributed by atoms with E-state index in [1.165, 1.54) is 12.8 Å². The van der Waals surface area contributed by atoms with Crippen molar-refractivity contribution in [3.8, 4) is 0 Å². The molecule has 0 aliphatic heterocycles. The Bertz CT molecular complexity index is 401. The van der Waals surface area contributed by atoms with Gasteiger partial charge in [-0.1, -0.05) is 19.8 Å². The normalized spacial score (nSPS) is 11.2. The summed E-state index contributed by atoms with van der Waals surface area (Å²) < 4.78 is 5.14. The molecule has 0 aliphatic rings. The monoisotopic (exact) mass is 280 g/mol. The Hall–Kier alpha value is -1.98. The van der Waals surface area contributed by atoms with Crippen LogP contribution < -0.4 is 16.0 Å². The van der Waals surface area contributed by atoms with Crippen molar-refractivity contribution in [2.45, 2.75) is 32.7 Å². The van der Waals surface area contributed by atoms with Crippen molar-refractivity contribution in [1.29, 1.82) is 0 Å². The van der Waals surface area contributed by atoms with E-state index in [4.69, 9.17) is 4.42 Å². The van der Waals surface area contributed by atoms with Crippen LogP contribution in [0.1, 0.15) is 31.9 Å². The fraction of sp³-hybridized carbons (Fsp3) is 0.571. The third kappa shape index (κ3) is 6.82. The summed E-state index contributed by atoms with van der Waals surface area (Å²) in [5.74, 6) is 1.28. The molecule has 3 N–H and O–H groups in total. The molecule has 0 fully saturated rings. The second-order valence-corrected chi connectivity index (χ2v) is 4.42. The second-order valence-electron chi connectivity index (χ2n) is 4.42. The van der Waals surface area contributed by atoms with Crippen LogP contribution in [0, 0.1) is 0 Å². The number of rotatable bonds is 8. The highest BCUT2D eigenvalue weighted by Gasteiger charge is 2.04. The van der Waals surface area contributed by atoms with Gasteiger partial charge in [0.1, 0.15) is 5.76 Å². The summed E-state index contributed by atoms with van der Waals surface area (Å²) >= 11 is 0. The summed E-state index contributed by atoms with van der Waals surface area (Å²) in [7, 11) is 1.69. The molecule has 1 amide bonds. The predicted octanol–water partition coefficient (Wildman–Crippen LogP) is 1.25. The molecule has 1 rings (SSSR count). The number of carbonyl (C=O) groups excluding carboxylic acids is 1. The van der Waals surface area contributed by atoms with Crippen LogP contribution in [0.4, 0.5) is 0 Å². The molecule has 0 atom stereocenters. The largest absolute Gasteiger partial charge is 0.467 e. The van der Waals surface area contributed by atoms with Crippen LogP contribution in [0.5, 0.6) is 0 Å². The first-order valence-corrected chi connectivity index (χ1v) is 6.99. The van der Waals surface area contributed by atoms with Crippen molar-refractivity contribution < 1.29 is 9.21 Å². The van der Waals surface area contributed by atoms with Crippen molar-refractivity contribution in [2.75, 3.05) is 20.1 Å². The van der Waals surface area contributed by atoms with E-state index in [9.17, 15) is 4.79 Å². The number of aliphatic imine (C=N–C) groups is 1. The van der Waals surface area contributed by atoms with E-state index in [0.717, 1.165) is 18.7 Å². The van der Waals surface area contributed by atoms with Crippen LogP contribution in [0.3, 0.4) is 0 Å². The summed E-state index contributed by atoms with van der Waals surface area (Å²) in [5, 5.41) is 8.91. The lowest BCUT2D eigenvalue weighted by atomic mass is 10.2. The Kier molecular flexibility index (Phi) is 7.95. The van der Waals surface area contributed by atoms with Crippen molar-refractivity contribution in [1.82, 2.24) is 16.0 Å². The fourth-order valence-corrected chi connectivity index (χ4v) is 1.63. The van der Waals surface area contributed by atoms with Gasteiger partial charge in [-0.25, -0.2) is 0 Å². The summed E-state index contributed by atoms with van der Waals surface area (Å²) in [6.07, 6.45) is 5.06. The lowest BCUT2D eigenvalue weighted by Gasteiger charge is -2.11. The molecule has 0 saturated carbocycles. The Morgan fingerprint density at radius 2 is 2.15 bits per heavy atom. The fourth-order valence-electron chi connectivity index (χ4n) is 1.63. The molecule has 0 aromatic carbocycles. The number of nitrogens with one attached hydrogen (secondary N) is 3. The Morgan fingerprint density at radius 1 is 1.30 bits per heavy atom. The minimum absolute atomic E-state index is 0.0992. The summed E-state index contributed by atoms with van der Waals surface area (Å²) in [4.78, 5) is 15.7. The summed E-state index contributed by atoms with van der Waals surface area (Å²) in [6, 6.07) is 3.61. The quantitative estimate of drug-likeness (QED) is 0.380. The van der Waals surface area contributed by atoms with Crippen LogP contribution in [-0.2, 0) is 11.3 Å². The molecule has 0 unspecified atom stereocenters. The maximum Gasteiger partial charge on any atom is 0.239 e. The van der Waals surface area contributed by atoms with E-state index in [0.29, 0.717) is 12.5 Å². The van der Waals surface area contributed by atoms with Crippen molar-refractivity contribution in [3.63, 3.8) is 0 Å². The van der Waals surface area contributed by atoms with Gasteiger partial charge in [-0.3, -0.25) is 9.79 Å². The molecule has 6 nitrogen and oxygen atoms in total. The molecule has 0 radical (unpaired) electrons. The third-order valence-electron chi connectivity index (χ3n) is 2.75. The highest BCUT2D eigenvalue weighted by atomic mass is 16.3. The number of amides is 1. The maximum atomic E-state index is 11.6. The standard InChI is InChI=1S/C14H24N4O2/c1-3-4-5-8-16-14(15-2)18-11-13(19)17-10-12-7-6-9-20-12/h6-7,9H,3-5,8,10-11H2,1-2H3,(H,17,19)(H2,15,16,18). The van der Waals surface area contributed by atoms with Crippen molar-refractivity contribution in [2.24, 2.45) is 4.99 Å². The van der Waals surface area contributed by atoms with E-state index in [2.05, 4.69) is 27.9 Å². The average Bonchev–Trinajstić information content (AvgIpc) is 2.97. The molecule has 0 aliphatic carbocycles. The molecule has 0 bridgehead atoms. The van der Waals surface area contributed by atoms with E-state index in [1.807, 2.05) is 6.07 Å². The van der Waals surface area contributed by atoms with Crippen LogP contribution in [-0.4, -0.2) is 32.0 Å². The van der Waals surface area contributed by atoms with Crippen LogP contribution >= 0.6 is 0 Å². The maximum absolute atomic E-state index is 11.6. The van der Waals surface area contributed by atoms with E-state index < -0.39 is 0 Å². The number of guanidine groups is 1. The van der Waals surface area contributed by atoms with Crippen molar-refractivity contribution in [3.05, 3.63) is 24.2 Å². The smallest absolute Gasteiger partial charge is 0.239 e. The SMILES string of the molecule is CCCCCNC(=NC)NCC(=O)NCc1ccco1. The van der Waals surface area contributed by atoms with Gasteiger partial charge < -0.3 is 20.4 Å². The lowest BCUT2D eigenvalue weighted by Crippen LogP contribution is -2.43. The average molecular weight is 280 g/mol. The number of hydrogen-bond acceptors (Lipinski definition) is 3. The lowest BCUT2D eigenvalue weighted by molar-refractivity contribution is -0.120. The molecular weight excluding hydrogens is 256 g/mol. The first-order valence-electron chi connectivity index (χ1n) is 6.99. The van der Waals surface area contributed by atoms with E-state index in [1.54, 1.807) is 19.4 Å². The van der Waals surface area contributed by atoms with Gasteiger partial charge in [0.25, 0.3) is 0 Å². The van der Waals surface area contributed by atoms with E-state index in [-0.39, 0.29) is 12.5 Å². The zero-order valence-corrected chi connectivity index (χ0v) is 12.2. The summed E-state index contributed by atoms with van der Waals surface area (Å²) in [6.45, 7) is 3.61. The minimum Gasteiger partial charge on any atom is -0.467 e. The Balaban J connectivity index is 2.14. The zero-order chi connectivity index (χ0) is 14.6. The van der Waals surface area contributed by atoms with Gasteiger partial charge in [0.15, 0.2) is 5.96 Å². The third-order valence-corrected chi connectivity index (χ3v) is 2.75. The molecule has 0 saturated heterocycles. The highest BCUT2D eigenvalue weighted by molar-refractivity contribution is 5.86. The molecule has 1 aromatic heterocycles. The molecule has 0 spiro atoms. The number of furan rings is 1. The molecule has 1 aromatic rings. The second kappa shape index (κ2) is 9.89. The van der Waals surface area contributed by atoms with Crippen molar-refractivity contribution >= 4 is 11.9 Å². The molecular formula is C14H24N4O2. The minimum atomic E-state index is -0.0992. The Labute approximate surface area is 120 Å². The van der Waals surface area contributed by atoms with Gasteiger partial charge in [0.2, 0.25) is 5.91 Å². The van der Waals surface area contributed by atoms with Gasteiger partial charge in [-0.2, -0.15) is 0 Å². The van der Waals surface area contributed by atoms with Gasteiger partial charge in [-0.05, 0) is 18.6 Å². The molecule has 1 heterocycles. The van der Waals surface area contributed by atoms with Gasteiger partial charge >= 0.3 is 0 Å². The number of hydrogen-bond donors (Lipinski definition) is 3. The van der Waals surface area contributed by atoms with Gasteiger partial charge in [0, 0.05) is 13.6 Å². The summed E-state index contributed by atoms with van der Waals surface area (Å²) in [5.41, 5.74) is 0. The van der Waals surface area contributed by atoms with Crippen LogP contribution in [0.15, 0.2) is 27.8 Å². The number of unbranched alkanes of at least 4 members (excludes halogenated alkanes) is 2. The first kappa shape index (κ1) is 16.1. The van der Waals surface area contributed by atoms with Gasteiger partial charge in [-0.15, -0.1) is 0 Å². The Morgan fingerprint density at radius 3 is 2.80 bits per heavy atom. The molecule has 6 heteroatoms. The first-order chi connectivity index (χ1) is 9.76. The molecule has 20 heavy (non-hydrogen) atoms. The van der Waals surface area contributed by atoms with E-state index >= 15 is 0 Å². The molecule has 112 valence electrons. The number of carbonyl (C=O) groups is 1. The van der Waals surface area contributed by atoms with Crippen LogP contribution in [0.25, 0.3) is 0 Å². The van der Waals surface area contributed by atoms with Gasteiger partial charge in [0.05, 0.1) is 19.4 Å². The zero-order valence-electron chi connectivity index (χ0n) is 12.2. The van der Waals surface area contributed by atoms with Crippen LogP contribution in [0.2, 0.25) is 0 Å². The predicted molar refractivity (Wildman–Crippen MR) is 79.4 cm³/mol.